The van der Waals surface area contributed by atoms with Crippen LogP contribution in [0.1, 0.15) is 115 Å². The monoisotopic (exact) mass is 649 g/mol. The van der Waals surface area contributed by atoms with E-state index in [9.17, 15) is 14.4 Å². The molecular formula is C41H51N3O4. The van der Waals surface area contributed by atoms with Crippen LogP contribution in [0.5, 0.6) is 0 Å². The summed E-state index contributed by atoms with van der Waals surface area (Å²) in [7, 11) is 0. The first-order valence-corrected chi connectivity index (χ1v) is 18.4. The molecule has 2 aromatic carbocycles. The number of hydrogen-bond acceptors (Lipinski definition) is 5. The summed E-state index contributed by atoms with van der Waals surface area (Å²) in [5.74, 6) is 1.99. The van der Waals surface area contributed by atoms with E-state index in [-0.39, 0.29) is 34.2 Å². The lowest BCUT2D eigenvalue weighted by Gasteiger charge is -2.60. The molecule has 3 saturated carbocycles. The largest absolute Gasteiger partial charge is 0.462 e. The van der Waals surface area contributed by atoms with E-state index in [0.29, 0.717) is 57.5 Å². The summed E-state index contributed by atoms with van der Waals surface area (Å²) < 4.78 is 6.22. The van der Waals surface area contributed by atoms with Crippen molar-refractivity contribution >= 4 is 39.4 Å². The fraction of sp³-hybridized carbons (Fsp3) is 0.561. The highest BCUT2D eigenvalue weighted by atomic mass is 16.5. The fourth-order valence-electron chi connectivity index (χ4n) is 10.5. The van der Waals surface area contributed by atoms with Gasteiger partial charge in [0.25, 0.3) is 5.91 Å². The molecule has 2 N–H and O–H groups in total. The van der Waals surface area contributed by atoms with Crippen molar-refractivity contribution in [1.29, 1.82) is 0 Å². The van der Waals surface area contributed by atoms with Crippen LogP contribution in [0.3, 0.4) is 0 Å². The minimum atomic E-state index is -0.328. The minimum Gasteiger partial charge on any atom is -0.462 e. The van der Waals surface area contributed by atoms with Crippen LogP contribution in [0.25, 0.3) is 21.8 Å². The number of benzene rings is 2. The molecule has 4 aliphatic carbocycles. The van der Waals surface area contributed by atoms with Gasteiger partial charge in [-0.2, -0.15) is 5.10 Å². The van der Waals surface area contributed by atoms with Crippen LogP contribution in [-0.2, 0) is 9.53 Å². The Morgan fingerprint density at radius 1 is 0.958 bits per heavy atom. The lowest BCUT2D eigenvalue weighted by molar-refractivity contribution is -0.161. The van der Waals surface area contributed by atoms with Crippen molar-refractivity contribution in [2.45, 2.75) is 111 Å². The van der Waals surface area contributed by atoms with Gasteiger partial charge in [-0.3, -0.25) is 14.4 Å². The Labute approximate surface area is 284 Å². The number of rotatable bonds is 8. The van der Waals surface area contributed by atoms with E-state index in [1.807, 2.05) is 18.2 Å². The second kappa shape index (κ2) is 12.9. The number of hydrogen-bond donors (Lipinski definition) is 2. The number of amides is 1. The molecule has 7 nitrogen and oxygen atoms in total. The van der Waals surface area contributed by atoms with E-state index in [1.165, 1.54) is 24.8 Å². The molecule has 3 aromatic rings. The summed E-state index contributed by atoms with van der Waals surface area (Å²) in [4.78, 5) is 42.7. The van der Waals surface area contributed by atoms with Crippen LogP contribution < -0.4 is 10.9 Å². The third kappa shape index (κ3) is 5.51. The zero-order chi connectivity index (χ0) is 33.6. The molecule has 7 atom stereocenters. The van der Waals surface area contributed by atoms with E-state index in [1.54, 1.807) is 24.3 Å². The molecule has 0 saturated heterocycles. The fourth-order valence-corrected chi connectivity index (χ4v) is 10.5. The van der Waals surface area contributed by atoms with Gasteiger partial charge in [0.2, 0.25) is 0 Å². The van der Waals surface area contributed by atoms with Crippen LogP contribution >= 0.6 is 0 Å². The molecule has 0 aliphatic heterocycles. The van der Waals surface area contributed by atoms with Gasteiger partial charge < -0.3 is 9.72 Å². The summed E-state index contributed by atoms with van der Waals surface area (Å²) in [5, 5.41) is 5.76. The highest BCUT2D eigenvalue weighted by Crippen LogP contribution is 2.66. The van der Waals surface area contributed by atoms with E-state index >= 15 is 0 Å². The van der Waals surface area contributed by atoms with E-state index in [2.05, 4.69) is 49.3 Å². The van der Waals surface area contributed by atoms with Crippen molar-refractivity contribution in [3.05, 3.63) is 69.9 Å². The number of para-hydroxylation sites is 2. The first kappa shape index (κ1) is 32.8. The summed E-state index contributed by atoms with van der Waals surface area (Å²) >= 11 is 0. The van der Waals surface area contributed by atoms with Gasteiger partial charge in [-0.15, -0.1) is 0 Å². The summed E-state index contributed by atoms with van der Waals surface area (Å²) in [6.45, 7) is 9.35. The number of carbonyl (C=O) groups excluding carboxylic acids is 2. The molecule has 0 spiro atoms. The number of carbonyl (C=O) groups is 2. The third-order valence-corrected chi connectivity index (χ3v) is 13.3. The van der Waals surface area contributed by atoms with Crippen LogP contribution in [0.4, 0.5) is 0 Å². The number of unbranched alkanes of at least 4 members (excludes halogenated alkanes) is 3. The number of nitrogens with zero attached hydrogens (tertiary/aromatic N) is 1. The number of hydrazone groups is 1. The molecule has 1 aromatic heterocycles. The number of pyridine rings is 1. The number of aromatic nitrogens is 1. The van der Waals surface area contributed by atoms with E-state index < -0.39 is 0 Å². The van der Waals surface area contributed by atoms with Gasteiger partial charge in [0.05, 0.1) is 16.8 Å². The second-order valence-corrected chi connectivity index (χ2v) is 15.6. The molecule has 0 radical (unpaired) electrons. The molecule has 4 aliphatic rings. The Morgan fingerprint density at radius 2 is 1.77 bits per heavy atom. The first-order valence-electron chi connectivity index (χ1n) is 18.4. The number of allylic oxidation sites excluding steroid dienone is 2. The van der Waals surface area contributed by atoms with Gasteiger partial charge in [-0.25, -0.2) is 5.43 Å². The maximum absolute atomic E-state index is 13.5. The quantitative estimate of drug-likeness (QED) is 0.110. The van der Waals surface area contributed by atoms with Crippen molar-refractivity contribution < 1.29 is 14.3 Å². The molecule has 48 heavy (non-hydrogen) atoms. The van der Waals surface area contributed by atoms with Gasteiger partial charge in [0, 0.05) is 28.1 Å². The Bertz CT molecular complexity index is 1860. The Morgan fingerprint density at radius 3 is 2.60 bits per heavy atom. The number of nitrogens with one attached hydrogen (secondary N) is 2. The lowest BCUT2D eigenvalue weighted by Crippen LogP contribution is -2.54. The second-order valence-electron chi connectivity index (χ2n) is 15.6. The summed E-state index contributed by atoms with van der Waals surface area (Å²) in [5.41, 5.74) is 6.82. The van der Waals surface area contributed by atoms with Crippen LogP contribution in [0.15, 0.2) is 64.0 Å². The Hall–Kier alpha value is -3.74. The lowest BCUT2D eigenvalue weighted by atomic mass is 9.45. The molecule has 7 unspecified atom stereocenters. The Kier molecular flexibility index (Phi) is 8.84. The average molecular weight is 650 g/mol. The number of esters is 1. The number of ether oxygens (including phenoxy) is 1. The predicted molar refractivity (Wildman–Crippen MR) is 192 cm³/mol. The van der Waals surface area contributed by atoms with E-state index in [0.717, 1.165) is 57.1 Å². The topological polar surface area (TPSA) is 101 Å². The molecular weight excluding hydrogens is 598 g/mol. The van der Waals surface area contributed by atoms with Crippen LogP contribution in [-0.4, -0.2) is 28.7 Å². The smallest absolute Gasteiger partial charge is 0.306 e. The van der Waals surface area contributed by atoms with Gasteiger partial charge in [-0.1, -0.05) is 63.8 Å². The first-order chi connectivity index (χ1) is 23.1. The average Bonchev–Trinajstić information content (AvgIpc) is 3.41. The maximum atomic E-state index is 13.5. The standard InChI is InChI=1S/C41H51N3O4/c1-5-6-7-8-16-36(45)48-35-20-19-32-28-18-17-26-24-27(23-25(2)41(26,4)33(28)21-22-40(32,35)3)43-44-39(47)31-14-11-13-30-37(31)42-34-15-10-9-12-29(34)38(30)46/h9-15,23,26,28,32-33,35H,5-8,16-22,24H2,1-4H3,(H,42,46)(H,44,47)/b43-27+. The number of aromatic amines is 1. The van der Waals surface area contributed by atoms with Crippen molar-refractivity contribution in [2.24, 2.45) is 39.6 Å². The minimum absolute atomic E-state index is 0.00275. The third-order valence-electron chi connectivity index (χ3n) is 13.3. The van der Waals surface area contributed by atoms with Gasteiger partial charge in [-0.05, 0) is 118 Å². The summed E-state index contributed by atoms with van der Waals surface area (Å²) in [6, 6.07) is 12.6. The van der Waals surface area contributed by atoms with Gasteiger partial charge in [0.1, 0.15) is 6.10 Å². The molecule has 1 amide bonds. The normalized spacial score (nSPS) is 32.0. The maximum Gasteiger partial charge on any atom is 0.306 e. The van der Waals surface area contributed by atoms with Gasteiger partial charge in [0.15, 0.2) is 5.43 Å². The zero-order valence-electron chi connectivity index (χ0n) is 29.1. The highest BCUT2D eigenvalue weighted by molar-refractivity contribution is 6.08. The Balaban J connectivity index is 1.06. The van der Waals surface area contributed by atoms with Crippen molar-refractivity contribution in [3.8, 4) is 0 Å². The van der Waals surface area contributed by atoms with Crippen molar-refractivity contribution in [3.63, 3.8) is 0 Å². The van der Waals surface area contributed by atoms with Gasteiger partial charge >= 0.3 is 5.97 Å². The predicted octanol–water partition coefficient (Wildman–Crippen LogP) is 8.86. The van der Waals surface area contributed by atoms with Crippen molar-refractivity contribution in [1.82, 2.24) is 10.4 Å². The van der Waals surface area contributed by atoms with Crippen LogP contribution in [0.2, 0.25) is 0 Å². The number of H-pyrrole nitrogens is 1. The van der Waals surface area contributed by atoms with Crippen molar-refractivity contribution in [2.75, 3.05) is 0 Å². The van der Waals surface area contributed by atoms with E-state index in [4.69, 9.17) is 4.74 Å². The molecule has 7 heteroatoms. The molecule has 0 bridgehead atoms. The molecule has 3 fully saturated rings. The summed E-state index contributed by atoms with van der Waals surface area (Å²) in [6.07, 6.45) is 14.8. The van der Waals surface area contributed by atoms with Crippen LogP contribution in [0, 0.1) is 34.5 Å². The number of fused-ring (bicyclic) bond motifs is 7. The zero-order valence-corrected chi connectivity index (χ0v) is 29.1. The molecule has 7 rings (SSSR count). The SMILES string of the molecule is CCCCCCC(=O)OC1CCC2C3CCC4C/C(=N/NC(=O)c5cccc6c(=O)c7ccccc7[nH]c56)C=C(C)C4(C)C3CCC12C. The molecule has 1 heterocycles. The molecule has 254 valence electrons. The highest BCUT2D eigenvalue weighted by Gasteiger charge is 2.61.